The fraction of sp³-hybridized carbons (Fsp3) is 0.593. The zero-order valence-electron chi connectivity index (χ0n) is 21.0. The molecule has 196 valence electrons. The molecular weight excluding hydrogens is 476 g/mol. The molecule has 4 amide bonds. The maximum Gasteiger partial charge on any atom is 0.331 e. The van der Waals surface area contributed by atoms with E-state index in [1.807, 2.05) is 11.8 Å². The van der Waals surface area contributed by atoms with E-state index in [1.54, 1.807) is 12.1 Å². The molecular formula is C27H32N4O6. The Balaban J connectivity index is 1.30. The Kier molecular flexibility index (Phi) is 5.82. The molecule has 10 heteroatoms. The van der Waals surface area contributed by atoms with Gasteiger partial charge in [0.1, 0.15) is 11.3 Å². The van der Waals surface area contributed by atoms with Crippen molar-refractivity contribution in [1.29, 1.82) is 0 Å². The summed E-state index contributed by atoms with van der Waals surface area (Å²) in [5.41, 5.74) is 0.451. The first-order chi connectivity index (χ1) is 17.7. The molecule has 2 aliphatic heterocycles. The number of hydrogen-bond donors (Lipinski definition) is 1. The van der Waals surface area contributed by atoms with Crippen LogP contribution in [0.3, 0.4) is 0 Å². The van der Waals surface area contributed by atoms with Crippen LogP contribution in [0.2, 0.25) is 0 Å². The second kappa shape index (κ2) is 8.93. The first-order valence-corrected chi connectivity index (χ1v) is 13.3. The Morgan fingerprint density at radius 2 is 1.70 bits per heavy atom. The number of carbonyl (C=O) groups excluding carboxylic acids is 3. The van der Waals surface area contributed by atoms with Crippen LogP contribution in [0, 0.1) is 33.3 Å². The van der Waals surface area contributed by atoms with E-state index in [4.69, 9.17) is 4.74 Å². The quantitative estimate of drug-likeness (QED) is 0.280. The summed E-state index contributed by atoms with van der Waals surface area (Å²) in [6.45, 7) is 4.01. The lowest BCUT2D eigenvalue weighted by Gasteiger charge is -2.60. The van der Waals surface area contributed by atoms with Gasteiger partial charge in [-0.2, -0.15) is 0 Å². The van der Waals surface area contributed by atoms with E-state index < -0.39 is 22.8 Å². The largest absolute Gasteiger partial charge is 0.378 e. The van der Waals surface area contributed by atoms with E-state index >= 15 is 0 Å². The van der Waals surface area contributed by atoms with Gasteiger partial charge in [0.25, 0.3) is 17.5 Å². The van der Waals surface area contributed by atoms with Gasteiger partial charge < -0.3 is 9.64 Å². The number of barbiturate groups is 1. The van der Waals surface area contributed by atoms with E-state index in [0.717, 1.165) is 19.3 Å². The fourth-order valence-electron chi connectivity index (χ4n) is 8.00. The van der Waals surface area contributed by atoms with E-state index in [0.29, 0.717) is 55.3 Å². The Labute approximate surface area is 215 Å². The predicted octanol–water partition coefficient (Wildman–Crippen LogP) is 3.50. The standard InChI is InChI=1S/C27H32N4O6/c1-16(27-13-18-8-19(14-27)10-20(9-18)15-27)30-25(33)21(24(32)28-26(30)34)11-17-2-3-22(23(12-17)31(35)36)29-4-6-37-7-5-29/h2-3,11-12,16,18-20H,4-10,13-15H2,1H3,(H,28,32,34)/b21-11+/t16-,18?,19?,20?,27?/m0/s1. The van der Waals surface area contributed by atoms with Gasteiger partial charge in [-0.1, -0.05) is 6.07 Å². The molecule has 2 saturated heterocycles. The number of nitrogens with zero attached hydrogens (tertiary/aromatic N) is 3. The molecule has 2 heterocycles. The third-order valence-corrected chi connectivity index (χ3v) is 9.35. The van der Waals surface area contributed by atoms with Crippen molar-refractivity contribution in [2.75, 3.05) is 31.2 Å². The Morgan fingerprint density at radius 3 is 2.30 bits per heavy atom. The second-order valence-corrected chi connectivity index (χ2v) is 11.6. The summed E-state index contributed by atoms with van der Waals surface area (Å²) in [6.07, 6.45) is 8.14. The molecule has 6 aliphatic rings. The molecule has 0 aromatic heterocycles. The maximum absolute atomic E-state index is 13.6. The van der Waals surface area contributed by atoms with Gasteiger partial charge in [0.05, 0.1) is 18.1 Å². The summed E-state index contributed by atoms with van der Waals surface area (Å²) in [5, 5.41) is 14.2. The minimum atomic E-state index is -0.774. The lowest BCUT2D eigenvalue weighted by atomic mass is 9.47. The van der Waals surface area contributed by atoms with Gasteiger partial charge >= 0.3 is 6.03 Å². The van der Waals surface area contributed by atoms with E-state index in [-0.39, 0.29) is 22.7 Å². The summed E-state index contributed by atoms with van der Waals surface area (Å²) >= 11 is 0. The highest BCUT2D eigenvalue weighted by Crippen LogP contribution is 2.62. The molecule has 0 spiro atoms. The summed E-state index contributed by atoms with van der Waals surface area (Å²) in [5.74, 6) is 0.553. The number of ether oxygens (including phenoxy) is 1. The number of hydrogen-bond acceptors (Lipinski definition) is 7. The van der Waals surface area contributed by atoms with Gasteiger partial charge in [-0.25, -0.2) is 4.79 Å². The van der Waals surface area contributed by atoms with E-state index in [9.17, 15) is 24.5 Å². The summed E-state index contributed by atoms with van der Waals surface area (Å²) < 4.78 is 5.35. The number of carbonyl (C=O) groups is 3. The minimum absolute atomic E-state index is 0.102. The number of nitro groups is 1. The minimum Gasteiger partial charge on any atom is -0.378 e. The predicted molar refractivity (Wildman–Crippen MR) is 135 cm³/mol. The van der Waals surface area contributed by atoms with Gasteiger partial charge in [0.15, 0.2) is 0 Å². The van der Waals surface area contributed by atoms with E-state index in [2.05, 4.69) is 5.32 Å². The van der Waals surface area contributed by atoms with Crippen LogP contribution < -0.4 is 10.2 Å². The third kappa shape index (κ3) is 4.11. The molecule has 1 aromatic carbocycles. The van der Waals surface area contributed by atoms with Crippen molar-refractivity contribution >= 4 is 35.3 Å². The number of urea groups is 1. The number of nitrogens with one attached hydrogen (secondary N) is 1. The molecule has 4 aliphatic carbocycles. The van der Waals surface area contributed by atoms with Crippen LogP contribution in [-0.2, 0) is 14.3 Å². The molecule has 0 unspecified atom stereocenters. The smallest absolute Gasteiger partial charge is 0.331 e. The molecule has 37 heavy (non-hydrogen) atoms. The SMILES string of the molecule is C[C@H](N1C(=O)NC(=O)/C(=C\c2ccc(N3CCOCC3)c([N+](=O)[O-])c2)C1=O)C12CC3CC(CC(C3)C1)C2. The molecule has 10 nitrogen and oxygen atoms in total. The zero-order chi connectivity index (χ0) is 25.9. The highest BCUT2D eigenvalue weighted by atomic mass is 16.6. The number of anilines is 1. The molecule has 4 bridgehead atoms. The highest BCUT2D eigenvalue weighted by molar-refractivity contribution is 6.31. The number of nitro benzene ring substituents is 1. The highest BCUT2D eigenvalue weighted by Gasteiger charge is 2.56. The van der Waals surface area contributed by atoms with Crippen molar-refractivity contribution in [3.8, 4) is 0 Å². The molecule has 7 rings (SSSR count). The van der Waals surface area contributed by atoms with Crippen molar-refractivity contribution in [3.63, 3.8) is 0 Å². The normalized spacial score (nSPS) is 33.2. The molecule has 1 atom stereocenters. The monoisotopic (exact) mass is 508 g/mol. The summed E-state index contributed by atoms with van der Waals surface area (Å²) in [6, 6.07) is 3.67. The summed E-state index contributed by atoms with van der Waals surface area (Å²) in [7, 11) is 0. The van der Waals surface area contributed by atoms with Crippen LogP contribution in [0.15, 0.2) is 23.8 Å². The fourth-order valence-corrected chi connectivity index (χ4v) is 8.00. The van der Waals surface area contributed by atoms with Gasteiger partial charge in [-0.3, -0.25) is 29.9 Å². The molecule has 1 N–H and O–H groups in total. The van der Waals surface area contributed by atoms with Gasteiger partial charge in [0.2, 0.25) is 0 Å². The average Bonchev–Trinajstić information content (AvgIpc) is 2.86. The number of rotatable bonds is 5. The Morgan fingerprint density at radius 1 is 1.08 bits per heavy atom. The Hall–Kier alpha value is -3.27. The zero-order valence-corrected chi connectivity index (χ0v) is 21.0. The molecule has 0 radical (unpaired) electrons. The number of benzene rings is 1. The number of morpholine rings is 1. The van der Waals surface area contributed by atoms with Crippen molar-refractivity contribution in [2.45, 2.75) is 51.5 Å². The van der Waals surface area contributed by atoms with Crippen molar-refractivity contribution in [3.05, 3.63) is 39.4 Å². The van der Waals surface area contributed by atoms with Crippen molar-refractivity contribution in [1.82, 2.24) is 10.2 Å². The molecule has 1 aromatic rings. The first kappa shape index (κ1) is 24.1. The van der Waals surface area contributed by atoms with Crippen LogP contribution in [0.4, 0.5) is 16.2 Å². The first-order valence-electron chi connectivity index (χ1n) is 13.3. The summed E-state index contributed by atoms with van der Waals surface area (Å²) in [4.78, 5) is 53.9. The van der Waals surface area contributed by atoms with Gasteiger partial charge in [-0.15, -0.1) is 0 Å². The third-order valence-electron chi connectivity index (χ3n) is 9.35. The topological polar surface area (TPSA) is 122 Å². The van der Waals surface area contributed by atoms with Gasteiger partial charge in [-0.05, 0) is 86.3 Å². The maximum atomic E-state index is 13.6. The van der Waals surface area contributed by atoms with Crippen LogP contribution in [0.25, 0.3) is 6.08 Å². The lowest BCUT2D eigenvalue weighted by molar-refractivity contribution is -0.384. The molecule has 4 saturated carbocycles. The van der Waals surface area contributed by atoms with Gasteiger partial charge in [0, 0.05) is 25.2 Å². The number of amides is 4. The van der Waals surface area contributed by atoms with Crippen molar-refractivity contribution in [2.24, 2.45) is 23.2 Å². The van der Waals surface area contributed by atoms with Crippen molar-refractivity contribution < 1.29 is 24.0 Å². The van der Waals surface area contributed by atoms with Crippen LogP contribution in [0.1, 0.15) is 51.0 Å². The van der Waals surface area contributed by atoms with E-state index in [1.165, 1.54) is 36.3 Å². The van der Waals surface area contributed by atoms with Crippen LogP contribution in [-0.4, -0.2) is 60.0 Å². The average molecular weight is 509 g/mol. The van der Waals surface area contributed by atoms with Crippen LogP contribution in [0.5, 0.6) is 0 Å². The van der Waals surface area contributed by atoms with Crippen LogP contribution >= 0.6 is 0 Å². The Bertz CT molecular complexity index is 1170. The number of imide groups is 2. The second-order valence-electron chi connectivity index (χ2n) is 11.6. The molecule has 6 fully saturated rings. The lowest BCUT2D eigenvalue weighted by Crippen LogP contribution is -2.63.